The Morgan fingerprint density at radius 3 is 2.85 bits per heavy atom. The number of fused-ring (bicyclic) bond motifs is 2. The third-order valence-electron chi connectivity index (χ3n) is 4.14. The first-order chi connectivity index (χ1) is 6.14. The van der Waals surface area contributed by atoms with Crippen molar-refractivity contribution in [3.8, 4) is 0 Å². The molecule has 13 heavy (non-hydrogen) atoms. The van der Waals surface area contributed by atoms with Crippen molar-refractivity contribution in [1.82, 2.24) is 0 Å². The summed E-state index contributed by atoms with van der Waals surface area (Å²) >= 11 is 0. The number of carbonyl (C=O) groups is 1. The molecule has 0 radical (unpaired) electrons. The van der Waals surface area contributed by atoms with Gasteiger partial charge in [0.15, 0.2) is 5.60 Å². The lowest BCUT2D eigenvalue weighted by Gasteiger charge is -2.10. The zero-order chi connectivity index (χ0) is 9.27. The fourth-order valence-electron chi connectivity index (χ4n) is 3.19. The highest BCUT2D eigenvalue weighted by Gasteiger charge is 2.81. The van der Waals surface area contributed by atoms with Gasteiger partial charge < -0.3 is 9.47 Å². The standard InChI is InChI=1S/C10H14O3/c1-9(8(11)12-2)10(13-9)4-3-6-5-7(6)10/h6-7H,3-5H2,1-2H3. The number of epoxide rings is 1. The monoisotopic (exact) mass is 182 g/mol. The van der Waals surface area contributed by atoms with E-state index in [1.807, 2.05) is 6.92 Å². The minimum atomic E-state index is -0.613. The van der Waals surface area contributed by atoms with Crippen molar-refractivity contribution in [2.75, 3.05) is 7.11 Å². The van der Waals surface area contributed by atoms with Crippen molar-refractivity contribution in [1.29, 1.82) is 0 Å². The molecule has 1 heterocycles. The molecule has 72 valence electrons. The Morgan fingerprint density at radius 2 is 2.38 bits per heavy atom. The molecule has 0 bridgehead atoms. The van der Waals surface area contributed by atoms with Crippen LogP contribution in [0.3, 0.4) is 0 Å². The van der Waals surface area contributed by atoms with E-state index < -0.39 is 5.60 Å². The Morgan fingerprint density at radius 1 is 1.62 bits per heavy atom. The van der Waals surface area contributed by atoms with Gasteiger partial charge in [-0.2, -0.15) is 0 Å². The van der Waals surface area contributed by atoms with Crippen LogP contribution in [0.5, 0.6) is 0 Å². The van der Waals surface area contributed by atoms with E-state index in [2.05, 4.69) is 0 Å². The molecule has 4 unspecified atom stereocenters. The fourth-order valence-corrected chi connectivity index (χ4v) is 3.19. The highest BCUT2D eigenvalue weighted by Crippen LogP contribution is 2.71. The molecule has 1 saturated heterocycles. The molecule has 0 aromatic heterocycles. The Balaban J connectivity index is 1.87. The second kappa shape index (κ2) is 1.92. The number of esters is 1. The van der Waals surface area contributed by atoms with Crippen molar-refractivity contribution < 1.29 is 14.3 Å². The quantitative estimate of drug-likeness (QED) is 0.450. The maximum atomic E-state index is 11.5. The lowest BCUT2D eigenvalue weighted by Crippen LogP contribution is -2.32. The maximum absolute atomic E-state index is 11.5. The molecule has 0 N–H and O–H groups in total. The normalized spacial score (nSPS) is 56.2. The van der Waals surface area contributed by atoms with Crippen molar-refractivity contribution in [2.45, 2.75) is 37.4 Å². The molecule has 1 spiro atoms. The summed E-state index contributed by atoms with van der Waals surface area (Å²) in [4.78, 5) is 11.5. The van der Waals surface area contributed by atoms with E-state index >= 15 is 0 Å². The molecule has 3 aliphatic rings. The van der Waals surface area contributed by atoms with Crippen LogP contribution in [0.1, 0.15) is 26.2 Å². The minimum Gasteiger partial charge on any atom is -0.467 e. The molecule has 3 nitrogen and oxygen atoms in total. The van der Waals surface area contributed by atoms with Gasteiger partial charge in [-0.3, -0.25) is 0 Å². The van der Waals surface area contributed by atoms with Gasteiger partial charge in [0, 0.05) is 0 Å². The molecule has 1 aliphatic heterocycles. The summed E-state index contributed by atoms with van der Waals surface area (Å²) in [7, 11) is 1.43. The zero-order valence-corrected chi connectivity index (χ0v) is 8.00. The van der Waals surface area contributed by atoms with Gasteiger partial charge in [0.1, 0.15) is 5.60 Å². The van der Waals surface area contributed by atoms with E-state index in [0.29, 0.717) is 5.92 Å². The van der Waals surface area contributed by atoms with E-state index in [1.165, 1.54) is 20.0 Å². The number of hydrogen-bond acceptors (Lipinski definition) is 3. The molecular weight excluding hydrogens is 168 g/mol. The average molecular weight is 182 g/mol. The van der Waals surface area contributed by atoms with Gasteiger partial charge in [-0.1, -0.05) is 0 Å². The topological polar surface area (TPSA) is 38.8 Å². The van der Waals surface area contributed by atoms with Crippen LogP contribution in [0.4, 0.5) is 0 Å². The van der Waals surface area contributed by atoms with E-state index in [1.54, 1.807) is 0 Å². The van der Waals surface area contributed by atoms with Crippen molar-refractivity contribution in [3.63, 3.8) is 0 Å². The third kappa shape index (κ3) is 0.688. The Labute approximate surface area is 77.4 Å². The number of carbonyl (C=O) groups excluding carboxylic acids is 1. The summed E-state index contributed by atoms with van der Waals surface area (Å²) in [6, 6.07) is 0. The van der Waals surface area contributed by atoms with Crippen LogP contribution in [0.15, 0.2) is 0 Å². The first kappa shape index (κ1) is 7.80. The Kier molecular flexibility index (Phi) is 1.15. The summed E-state index contributed by atoms with van der Waals surface area (Å²) in [6.45, 7) is 1.87. The summed E-state index contributed by atoms with van der Waals surface area (Å²) in [5, 5.41) is 0. The van der Waals surface area contributed by atoms with Gasteiger partial charge in [-0.25, -0.2) is 4.79 Å². The first-order valence-corrected chi connectivity index (χ1v) is 4.93. The molecule has 4 atom stereocenters. The lowest BCUT2D eigenvalue weighted by atomic mass is 9.89. The van der Waals surface area contributed by atoms with Gasteiger partial charge in [0.05, 0.1) is 7.11 Å². The predicted molar refractivity (Wildman–Crippen MR) is 45.1 cm³/mol. The van der Waals surface area contributed by atoms with Crippen LogP contribution >= 0.6 is 0 Å². The number of ether oxygens (including phenoxy) is 2. The minimum absolute atomic E-state index is 0.120. The summed E-state index contributed by atoms with van der Waals surface area (Å²) in [5.41, 5.74) is -0.734. The molecule has 2 saturated carbocycles. The van der Waals surface area contributed by atoms with E-state index in [0.717, 1.165) is 12.3 Å². The Bertz CT molecular complexity index is 288. The molecular formula is C10H14O3. The van der Waals surface area contributed by atoms with Crippen LogP contribution in [0.25, 0.3) is 0 Å². The highest BCUT2D eigenvalue weighted by molar-refractivity contribution is 5.84. The van der Waals surface area contributed by atoms with Gasteiger partial charge in [0.2, 0.25) is 0 Å². The van der Waals surface area contributed by atoms with Gasteiger partial charge >= 0.3 is 5.97 Å². The summed E-state index contributed by atoms with van der Waals surface area (Å²) < 4.78 is 10.5. The fraction of sp³-hybridized carbons (Fsp3) is 0.900. The molecule has 2 aliphatic carbocycles. The van der Waals surface area contributed by atoms with Crippen LogP contribution in [0.2, 0.25) is 0 Å². The van der Waals surface area contributed by atoms with Crippen molar-refractivity contribution in [3.05, 3.63) is 0 Å². The van der Waals surface area contributed by atoms with Gasteiger partial charge in [0.25, 0.3) is 0 Å². The van der Waals surface area contributed by atoms with E-state index in [4.69, 9.17) is 9.47 Å². The second-order valence-electron chi connectivity index (χ2n) is 4.66. The summed E-state index contributed by atoms with van der Waals surface area (Å²) in [6.07, 6.45) is 3.54. The highest BCUT2D eigenvalue weighted by atomic mass is 16.7. The molecule has 3 heteroatoms. The van der Waals surface area contributed by atoms with E-state index in [-0.39, 0.29) is 11.6 Å². The van der Waals surface area contributed by atoms with Gasteiger partial charge in [-0.15, -0.1) is 0 Å². The van der Waals surface area contributed by atoms with Crippen molar-refractivity contribution in [2.24, 2.45) is 11.8 Å². The lowest BCUT2D eigenvalue weighted by molar-refractivity contribution is -0.146. The Hall–Kier alpha value is -0.570. The first-order valence-electron chi connectivity index (χ1n) is 4.93. The van der Waals surface area contributed by atoms with Crippen LogP contribution in [-0.4, -0.2) is 24.3 Å². The second-order valence-corrected chi connectivity index (χ2v) is 4.66. The average Bonchev–Trinajstić information content (AvgIpc) is 2.96. The van der Waals surface area contributed by atoms with Crippen LogP contribution in [0, 0.1) is 11.8 Å². The van der Waals surface area contributed by atoms with Crippen LogP contribution < -0.4 is 0 Å². The SMILES string of the molecule is COC(=O)C1(C)OC12CCC1CC12. The van der Waals surface area contributed by atoms with E-state index in [9.17, 15) is 4.79 Å². The zero-order valence-electron chi connectivity index (χ0n) is 8.00. The third-order valence-corrected chi connectivity index (χ3v) is 4.14. The maximum Gasteiger partial charge on any atom is 0.340 e. The molecule has 0 aromatic carbocycles. The predicted octanol–water partition coefficient (Wildman–Crippen LogP) is 1.12. The molecule has 3 fully saturated rings. The number of rotatable bonds is 1. The molecule has 0 aromatic rings. The largest absolute Gasteiger partial charge is 0.467 e. The van der Waals surface area contributed by atoms with Crippen LogP contribution in [-0.2, 0) is 14.3 Å². The number of hydrogen-bond donors (Lipinski definition) is 0. The van der Waals surface area contributed by atoms with Gasteiger partial charge in [-0.05, 0) is 38.0 Å². The summed E-state index contributed by atoms with van der Waals surface area (Å²) in [5.74, 6) is 1.29. The number of methoxy groups -OCH3 is 1. The molecule has 3 rings (SSSR count). The molecule has 0 amide bonds. The van der Waals surface area contributed by atoms with Crippen molar-refractivity contribution >= 4 is 5.97 Å². The smallest absolute Gasteiger partial charge is 0.340 e.